The Balaban J connectivity index is 2.80. The van der Waals surface area contributed by atoms with Gasteiger partial charge in [0.25, 0.3) is 0 Å². The molecular formula is C6H9NO5. The minimum atomic E-state index is -1.34. The van der Waals surface area contributed by atoms with Crippen molar-refractivity contribution in [2.24, 2.45) is 5.73 Å². The molecule has 6 heteroatoms. The number of aliphatic hydroxyl groups is 3. The fourth-order valence-electron chi connectivity index (χ4n) is 0.849. The molecule has 0 saturated carbocycles. The van der Waals surface area contributed by atoms with E-state index in [1.807, 2.05) is 0 Å². The highest BCUT2D eigenvalue weighted by molar-refractivity contribution is 5.90. The van der Waals surface area contributed by atoms with E-state index in [2.05, 4.69) is 4.74 Å². The molecule has 1 aliphatic heterocycles. The first-order valence-electron chi connectivity index (χ1n) is 3.26. The molecule has 2 atom stereocenters. The van der Waals surface area contributed by atoms with Gasteiger partial charge in [0.1, 0.15) is 6.10 Å². The summed E-state index contributed by atoms with van der Waals surface area (Å²) >= 11 is 0. The van der Waals surface area contributed by atoms with Crippen LogP contribution in [0.2, 0.25) is 0 Å². The summed E-state index contributed by atoms with van der Waals surface area (Å²) in [5, 5.41) is 26.5. The highest BCUT2D eigenvalue weighted by atomic mass is 16.6. The van der Waals surface area contributed by atoms with Gasteiger partial charge < -0.3 is 25.8 Å². The first kappa shape index (κ1) is 8.82. The molecule has 5 N–H and O–H groups in total. The summed E-state index contributed by atoms with van der Waals surface area (Å²) in [5.41, 5.74) is 4.64. The lowest BCUT2D eigenvalue weighted by Crippen LogP contribution is -2.31. The van der Waals surface area contributed by atoms with E-state index in [1.54, 1.807) is 0 Å². The molecule has 6 nitrogen and oxygen atoms in total. The second-order valence-corrected chi connectivity index (χ2v) is 2.37. The standard InChI is InChI=1S/C6H9NO5/c7-3-4(10)5(2(9)1-8)12-6(3)11/h2,5,8-10H,1,7H2/t2-,5-/m1/s1. The zero-order valence-corrected chi connectivity index (χ0v) is 6.10. The van der Waals surface area contributed by atoms with Crippen LogP contribution in [0.1, 0.15) is 0 Å². The van der Waals surface area contributed by atoms with Gasteiger partial charge >= 0.3 is 5.97 Å². The van der Waals surface area contributed by atoms with Gasteiger partial charge in [0.05, 0.1) is 6.61 Å². The maximum absolute atomic E-state index is 10.7. The molecule has 12 heavy (non-hydrogen) atoms. The van der Waals surface area contributed by atoms with E-state index in [0.29, 0.717) is 0 Å². The summed E-state index contributed by atoms with van der Waals surface area (Å²) in [6.07, 6.45) is -2.57. The zero-order valence-electron chi connectivity index (χ0n) is 6.10. The maximum atomic E-state index is 10.7. The number of carbonyl (C=O) groups excluding carboxylic acids is 1. The van der Waals surface area contributed by atoms with Gasteiger partial charge in [-0.05, 0) is 0 Å². The highest BCUT2D eigenvalue weighted by Crippen LogP contribution is 2.19. The fourth-order valence-corrected chi connectivity index (χ4v) is 0.849. The van der Waals surface area contributed by atoms with Gasteiger partial charge in [-0.25, -0.2) is 4.79 Å². The maximum Gasteiger partial charge on any atom is 0.358 e. The summed E-state index contributed by atoms with van der Waals surface area (Å²) in [6, 6.07) is 0. The van der Waals surface area contributed by atoms with Gasteiger partial charge in [-0.15, -0.1) is 0 Å². The minimum absolute atomic E-state index is 0.424. The fraction of sp³-hybridized carbons (Fsp3) is 0.500. The Morgan fingerprint density at radius 3 is 2.58 bits per heavy atom. The normalized spacial score (nSPS) is 25.8. The van der Waals surface area contributed by atoms with Crippen molar-refractivity contribution in [3.05, 3.63) is 11.5 Å². The molecule has 1 aliphatic rings. The Bertz CT molecular complexity index is 236. The number of nitrogens with two attached hydrogens (primary N) is 1. The van der Waals surface area contributed by atoms with Crippen LogP contribution < -0.4 is 5.73 Å². The molecule has 1 heterocycles. The summed E-state index contributed by atoms with van der Waals surface area (Å²) in [4.78, 5) is 10.7. The molecular weight excluding hydrogens is 166 g/mol. The Labute approximate surface area is 67.9 Å². The van der Waals surface area contributed by atoms with Gasteiger partial charge in [-0.1, -0.05) is 0 Å². The molecule has 0 saturated heterocycles. The molecule has 0 bridgehead atoms. The third-order valence-electron chi connectivity index (χ3n) is 1.54. The zero-order chi connectivity index (χ0) is 9.30. The number of carbonyl (C=O) groups is 1. The predicted octanol–water partition coefficient (Wildman–Crippen LogP) is -2.01. The number of ether oxygens (including phenoxy) is 1. The van der Waals surface area contributed by atoms with Crippen molar-refractivity contribution in [2.75, 3.05) is 6.61 Å². The summed E-state index contributed by atoms with van der Waals surface area (Å²) in [5.74, 6) is -1.41. The number of cyclic esters (lactones) is 1. The molecule has 0 spiro atoms. The second-order valence-electron chi connectivity index (χ2n) is 2.37. The molecule has 0 unspecified atom stereocenters. The van der Waals surface area contributed by atoms with Crippen LogP contribution in [0.5, 0.6) is 0 Å². The molecule has 1 rings (SSSR count). The molecule has 0 aromatic carbocycles. The van der Waals surface area contributed by atoms with E-state index < -0.39 is 36.2 Å². The lowest BCUT2D eigenvalue weighted by atomic mass is 10.2. The number of aliphatic hydroxyl groups excluding tert-OH is 3. The number of hydrogen-bond acceptors (Lipinski definition) is 6. The molecule has 68 valence electrons. The summed E-state index contributed by atoms with van der Waals surface area (Å²) in [7, 11) is 0. The predicted molar refractivity (Wildman–Crippen MR) is 36.8 cm³/mol. The lowest BCUT2D eigenvalue weighted by Gasteiger charge is -2.14. The summed E-state index contributed by atoms with van der Waals surface area (Å²) < 4.78 is 4.44. The first-order chi connectivity index (χ1) is 5.57. The van der Waals surface area contributed by atoms with E-state index in [-0.39, 0.29) is 0 Å². The topological polar surface area (TPSA) is 113 Å². The molecule has 0 aromatic rings. The first-order valence-corrected chi connectivity index (χ1v) is 3.26. The van der Waals surface area contributed by atoms with Crippen LogP contribution in [0.25, 0.3) is 0 Å². The third-order valence-corrected chi connectivity index (χ3v) is 1.54. The van der Waals surface area contributed by atoms with Crippen LogP contribution in [-0.4, -0.2) is 40.1 Å². The van der Waals surface area contributed by atoms with Gasteiger partial charge in [0.2, 0.25) is 0 Å². The van der Waals surface area contributed by atoms with E-state index in [0.717, 1.165) is 0 Å². The van der Waals surface area contributed by atoms with Gasteiger partial charge in [-0.3, -0.25) is 0 Å². The van der Waals surface area contributed by atoms with Crippen molar-refractivity contribution in [2.45, 2.75) is 12.2 Å². The molecule has 0 aliphatic carbocycles. The number of esters is 1. The summed E-state index contributed by atoms with van der Waals surface area (Å²) in [6.45, 7) is -0.616. The van der Waals surface area contributed by atoms with Crippen LogP contribution in [0.3, 0.4) is 0 Å². The Morgan fingerprint density at radius 1 is 1.67 bits per heavy atom. The molecule has 0 fully saturated rings. The van der Waals surface area contributed by atoms with Crippen LogP contribution in [0.4, 0.5) is 0 Å². The monoisotopic (exact) mass is 175 g/mol. The van der Waals surface area contributed by atoms with Gasteiger partial charge in [0, 0.05) is 0 Å². The number of hydrogen-bond donors (Lipinski definition) is 4. The van der Waals surface area contributed by atoms with Gasteiger partial charge in [0.15, 0.2) is 17.6 Å². The van der Waals surface area contributed by atoms with Crippen molar-refractivity contribution < 1.29 is 24.9 Å². The molecule has 0 aromatic heterocycles. The van der Waals surface area contributed by atoms with Crippen LogP contribution in [0, 0.1) is 0 Å². The van der Waals surface area contributed by atoms with Crippen molar-refractivity contribution in [1.29, 1.82) is 0 Å². The second kappa shape index (κ2) is 3.00. The quantitative estimate of drug-likeness (QED) is 0.361. The van der Waals surface area contributed by atoms with Crippen molar-refractivity contribution in [3.8, 4) is 0 Å². The largest absolute Gasteiger partial charge is 0.506 e. The van der Waals surface area contributed by atoms with Crippen LogP contribution in [0.15, 0.2) is 11.5 Å². The van der Waals surface area contributed by atoms with Gasteiger partial charge in [-0.2, -0.15) is 0 Å². The minimum Gasteiger partial charge on any atom is -0.506 e. The van der Waals surface area contributed by atoms with Crippen LogP contribution >= 0.6 is 0 Å². The Hall–Kier alpha value is -1.27. The average Bonchev–Trinajstić information content (AvgIpc) is 2.32. The van der Waals surface area contributed by atoms with Crippen molar-refractivity contribution >= 4 is 5.97 Å². The van der Waals surface area contributed by atoms with E-state index in [4.69, 9.17) is 21.1 Å². The Morgan fingerprint density at radius 2 is 2.25 bits per heavy atom. The lowest BCUT2D eigenvalue weighted by molar-refractivity contribution is -0.145. The van der Waals surface area contributed by atoms with E-state index in [1.165, 1.54) is 0 Å². The van der Waals surface area contributed by atoms with Crippen LogP contribution in [-0.2, 0) is 9.53 Å². The third kappa shape index (κ3) is 1.21. The SMILES string of the molecule is NC1=C(O)[C@@H]([C@H](O)CO)OC1=O. The van der Waals surface area contributed by atoms with Crippen molar-refractivity contribution in [1.82, 2.24) is 0 Å². The van der Waals surface area contributed by atoms with E-state index in [9.17, 15) is 4.79 Å². The molecule has 0 radical (unpaired) electrons. The smallest absolute Gasteiger partial charge is 0.358 e. The number of rotatable bonds is 2. The molecule has 0 amide bonds. The highest BCUT2D eigenvalue weighted by Gasteiger charge is 2.37. The van der Waals surface area contributed by atoms with E-state index >= 15 is 0 Å². The Kier molecular flexibility index (Phi) is 2.20. The van der Waals surface area contributed by atoms with Crippen molar-refractivity contribution in [3.63, 3.8) is 0 Å². The average molecular weight is 175 g/mol.